The number of rotatable bonds is 7. The lowest BCUT2D eigenvalue weighted by molar-refractivity contribution is -0.0838. The summed E-state index contributed by atoms with van der Waals surface area (Å²) < 4.78 is 11.6. The molecule has 4 aromatic heterocycles. The maximum Gasteiger partial charge on any atom is 0.0999 e. The van der Waals surface area contributed by atoms with Gasteiger partial charge in [-0.2, -0.15) is 20.6 Å². The van der Waals surface area contributed by atoms with Crippen molar-refractivity contribution in [3.8, 4) is 28.6 Å². The summed E-state index contributed by atoms with van der Waals surface area (Å²) in [6, 6.07) is 14.4. The molecule has 0 saturated heterocycles. The van der Waals surface area contributed by atoms with Crippen LogP contribution >= 0.6 is 0 Å². The standard InChI is InChI=1S/C26H24N8O/c1-32-15-20(13-29-32)23-17-33-24(7-10-28-33)25(31-23)21-14-30-34(16-21)26(8-9-27)11-22(12-26)35-18-19-5-3-2-4-6-19/h2-7,10,13-17,22H,8,11-12,18H2,1H3. The molecule has 1 aliphatic rings. The van der Waals surface area contributed by atoms with E-state index in [-0.39, 0.29) is 11.6 Å². The van der Waals surface area contributed by atoms with Crippen LogP contribution in [0.3, 0.4) is 0 Å². The quantitative estimate of drug-likeness (QED) is 0.361. The van der Waals surface area contributed by atoms with E-state index >= 15 is 0 Å². The molecule has 4 heterocycles. The van der Waals surface area contributed by atoms with Crippen molar-refractivity contribution in [2.45, 2.75) is 37.5 Å². The van der Waals surface area contributed by atoms with E-state index in [1.807, 2.05) is 65.3 Å². The molecule has 0 radical (unpaired) electrons. The number of fused-ring (bicyclic) bond motifs is 1. The molecular formula is C26H24N8O. The van der Waals surface area contributed by atoms with E-state index in [9.17, 15) is 5.26 Å². The zero-order valence-electron chi connectivity index (χ0n) is 19.3. The molecule has 0 aliphatic heterocycles. The molecule has 6 rings (SSSR count). The van der Waals surface area contributed by atoms with Crippen LogP contribution in [0.15, 0.2) is 73.6 Å². The lowest BCUT2D eigenvalue weighted by Crippen LogP contribution is -2.50. The van der Waals surface area contributed by atoms with Gasteiger partial charge in [-0.1, -0.05) is 30.3 Å². The first-order valence-electron chi connectivity index (χ1n) is 11.5. The molecule has 174 valence electrons. The summed E-state index contributed by atoms with van der Waals surface area (Å²) in [4.78, 5) is 4.93. The Morgan fingerprint density at radius 1 is 1.03 bits per heavy atom. The van der Waals surface area contributed by atoms with Gasteiger partial charge in [-0.05, 0) is 11.6 Å². The molecule has 0 bridgehead atoms. The van der Waals surface area contributed by atoms with Crippen LogP contribution in [0.4, 0.5) is 0 Å². The molecule has 9 nitrogen and oxygen atoms in total. The van der Waals surface area contributed by atoms with Crippen LogP contribution in [-0.4, -0.2) is 40.3 Å². The third-order valence-corrected chi connectivity index (χ3v) is 6.68. The highest BCUT2D eigenvalue weighted by molar-refractivity contribution is 5.78. The van der Waals surface area contributed by atoms with Crippen molar-refractivity contribution >= 4 is 5.52 Å². The van der Waals surface area contributed by atoms with Gasteiger partial charge in [0.2, 0.25) is 0 Å². The Kier molecular flexibility index (Phi) is 5.16. The molecule has 0 atom stereocenters. The lowest BCUT2D eigenvalue weighted by Gasteiger charge is -2.46. The van der Waals surface area contributed by atoms with Crippen LogP contribution in [0, 0.1) is 11.3 Å². The summed E-state index contributed by atoms with van der Waals surface area (Å²) in [7, 11) is 1.88. The van der Waals surface area contributed by atoms with Gasteiger partial charge in [0.1, 0.15) is 0 Å². The maximum atomic E-state index is 9.56. The van der Waals surface area contributed by atoms with Crippen molar-refractivity contribution in [3.05, 3.63) is 79.1 Å². The number of aryl methyl sites for hydroxylation is 1. The normalized spacial score (nSPS) is 19.5. The molecule has 5 aromatic rings. The fourth-order valence-electron chi connectivity index (χ4n) is 4.79. The molecule has 1 aromatic carbocycles. The van der Waals surface area contributed by atoms with Crippen molar-refractivity contribution in [1.82, 2.24) is 34.2 Å². The van der Waals surface area contributed by atoms with Crippen molar-refractivity contribution < 1.29 is 4.74 Å². The highest BCUT2D eigenvalue weighted by Crippen LogP contribution is 2.44. The van der Waals surface area contributed by atoms with Crippen LogP contribution in [0.25, 0.3) is 28.0 Å². The largest absolute Gasteiger partial charge is 0.373 e. The number of benzene rings is 1. The maximum absolute atomic E-state index is 9.56. The van der Waals surface area contributed by atoms with Crippen LogP contribution < -0.4 is 0 Å². The predicted octanol–water partition coefficient (Wildman–Crippen LogP) is 3.98. The van der Waals surface area contributed by atoms with E-state index in [2.05, 4.69) is 33.5 Å². The zero-order chi connectivity index (χ0) is 23.8. The average Bonchev–Trinajstić information content (AvgIpc) is 3.61. The van der Waals surface area contributed by atoms with Crippen molar-refractivity contribution in [2.24, 2.45) is 7.05 Å². The van der Waals surface area contributed by atoms with Gasteiger partial charge in [0, 0.05) is 43.4 Å². The molecule has 0 unspecified atom stereocenters. The number of nitriles is 1. The highest BCUT2D eigenvalue weighted by Gasteiger charge is 2.47. The van der Waals surface area contributed by atoms with Gasteiger partial charge in [0.05, 0.1) is 72.4 Å². The molecule has 0 amide bonds. The van der Waals surface area contributed by atoms with E-state index in [0.29, 0.717) is 13.0 Å². The number of aromatic nitrogens is 7. The third-order valence-electron chi connectivity index (χ3n) is 6.68. The van der Waals surface area contributed by atoms with Crippen molar-refractivity contribution in [1.29, 1.82) is 5.26 Å². The average molecular weight is 465 g/mol. The molecule has 1 saturated carbocycles. The predicted molar refractivity (Wildman–Crippen MR) is 129 cm³/mol. The first kappa shape index (κ1) is 21.3. The smallest absolute Gasteiger partial charge is 0.0999 e. The van der Waals surface area contributed by atoms with Gasteiger partial charge in [-0.15, -0.1) is 0 Å². The first-order chi connectivity index (χ1) is 17.1. The minimum atomic E-state index is -0.369. The fraction of sp³-hybridized carbons (Fsp3) is 0.269. The molecule has 1 aliphatic carbocycles. The SMILES string of the molecule is Cn1cc(-c2cn3nccc3c(-c3cnn(C4(CC#N)CC(OCc5ccccc5)C4)c3)n2)cn1. The number of hydrogen-bond acceptors (Lipinski definition) is 6. The third kappa shape index (κ3) is 3.88. The topological polar surface area (TPSA) is 98.9 Å². The first-order valence-corrected chi connectivity index (χ1v) is 11.5. The fourth-order valence-corrected chi connectivity index (χ4v) is 4.79. The van der Waals surface area contributed by atoms with E-state index < -0.39 is 0 Å². The molecule has 0 N–H and O–H groups in total. The second kappa shape index (κ2) is 8.49. The summed E-state index contributed by atoms with van der Waals surface area (Å²) >= 11 is 0. The Bertz CT molecular complexity index is 1520. The summed E-state index contributed by atoms with van der Waals surface area (Å²) in [5, 5.41) is 22.9. The van der Waals surface area contributed by atoms with Crippen LogP contribution in [0.5, 0.6) is 0 Å². The Labute approximate surface area is 202 Å². The number of nitrogens with zero attached hydrogens (tertiary/aromatic N) is 8. The Hall–Kier alpha value is -4.29. The van der Waals surface area contributed by atoms with Gasteiger partial charge in [-0.3, -0.25) is 9.36 Å². The Balaban J connectivity index is 1.27. The molecule has 9 heteroatoms. The van der Waals surface area contributed by atoms with E-state index in [0.717, 1.165) is 46.4 Å². The van der Waals surface area contributed by atoms with E-state index in [1.54, 1.807) is 17.1 Å². The summed E-state index contributed by atoms with van der Waals surface area (Å²) in [5.74, 6) is 0. The van der Waals surface area contributed by atoms with Gasteiger partial charge >= 0.3 is 0 Å². The summed E-state index contributed by atoms with van der Waals surface area (Å²) in [6.07, 6.45) is 13.2. The summed E-state index contributed by atoms with van der Waals surface area (Å²) in [5.41, 5.74) is 5.04. The molecule has 35 heavy (non-hydrogen) atoms. The van der Waals surface area contributed by atoms with E-state index in [1.165, 1.54) is 0 Å². The second-order valence-electron chi connectivity index (χ2n) is 9.10. The van der Waals surface area contributed by atoms with E-state index in [4.69, 9.17) is 9.72 Å². The van der Waals surface area contributed by atoms with Gasteiger partial charge in [0.25, 0.3) is 0 Å². The second-order valence-corrected chi connectivity index (χ2v) is 9.10. The minimum Gasteiger partial charge on any atom is -0.373 e. The lowest BCUT2D eigenvalue weighted by atomic mass is 9.72. The molecule has 1 fully saturated rings. The Morgan fingerprint density at radius 3 is 2.63 bits per heavy atom. The number of ether oxygens (including phenoxy) is 1. The van der Waals surface area contributed by atoms with Gasteiger partial charge < -0.3 is 4.74 Å². The number of hydrogen-bond donors (Lipinski definition) is 0. The van der Waals surface area contributed by atoms with Crippen LogP contribution in [-0.2, 0) is 23.9 Å². The molecular weight excluding hydrogens is 440 g/mol. The highest BCUT2D eigenvalue weighted by atomic mass is 16.5. The Morgan fingerprint density at radius 2 is 1.86 bits per heavy atom. The minimum absolute atomic E-state index is 0.102. The monoisotopic (exact) mass is 464 g/mol. The molecule has 0 spiro atoms. The van der Waals surface area contributed by atoms with Crippen LogP contribution in [0.2, 0.25) is 0 Å². The van der Waals surface area contributed by atoms with Crippen molar-refractivity contribution in [2.75, 3.05) is 0 Å². The zero-order valence-corrected chi connectivity index (χ0v) is 19.3. The van der Waals surface area contributed by atoms with Gasteiger partial charge in [-0.25, -0.2) is 9.50 Å². The van der Waals surface area contributed by atoms with Gasteiger partial charge in [0.15, 0.2) is 0 Å². The summed E-state index contributed by atoms with van der Waals surface area (Å²) in [6.45, 7) is 0.572. The van der Waals surface area contributed by atoms with Crippen LogP contribution in [0.1, 0.15) is 24.8 Å². The van der Waals surface area contributed by atoms with Crippen molar-refractivity contribution in [3.63, 3.8) is 0 Å².